The quantitative estimate of drug-likeness (QED) is 0.708. The van der Waals surface area contributed by atoms with E-state index in [4.69, 9.17) is 0 Å². The summed E-state index contributed by atoms with van der Waals surface area (Å²) in [5.41, 5.74) is 4.50. The lowest BCUT2D eigenvalue weighted by Crippen LogP contribution is -2.30. The van der Waals surface area contributed by atoms with Crippen LogP contribution in [0.25, 0.3) is 0 Å². The number of nitrogens with one attached hydrogen (secondary N) is 1. The number of fused-ring (bicyclic) bond motifs is 1. The van der Waals surface area contributed by atoms with Crippen LogP contribution >= 0.6 is 0 Å². The van der Waals surface area contributed by atoms with Crippen molar-refractivity contribution in [3.8, 4) is 0 Å². The Bertz CT molecular complexity index is 1010. The highest BCUT2D eigenvalue weighted by Crippen LogP contribution is 2.18. The molecule has 0 radical (unpaired) electrons. The SMILES string of the molecule is Cc1cc(C)cc(CN2CCc3nnc(C(C)NC(=O)c4cccnc4)n3CC2)c1. The molecule has 3 aromatic rings. The zero-order valence-electron chi connectivity index (χ0n) is 17.8. The molecule has 156 valence electrons. The predicted octanol–water partition coefficient (Wildman–Crippen LogP) is 2.84. The number of aromatic nitrogens is 4. The molecule has 0 fully saturated rings. The minimum atomic E-state index is -0.232. The smallest absolute Gasteiger partial charge is 0.253 e. The van der Waals surface area contributed by atoms with Crippen molar-refractivity contribution < 1.29 is 4.79 Å². The molecular formula is C23H28N6O. The number of nitrogens with zero attached hydrogens (tertiary/aromatic N) is 5. The lowest BCUT2D eigenvalue weighted by atomic mass is 10.1. The third-order valence-electron chi connectivity index (χ3n) is 5.49. The van der Waals surface area contributed by atoms with E-state index in [0.29, 0.717) is 5.56 Å². The summed E-state index contributed by atoms with van der Waals surface area (Å²) in [7, 11) is 0. The highest BCUT2D eigenvalue weighted by molar-refractivity contribution is 5.93. The highest BCUT2D eigenvalue weighted by Gasteiger charge is 2.23. The second kappa shape index (κ2) is 8.75. The molecule has 1 atom stereocenters. The Kier molecular flexibility index (Phi) is 5.90. The monoisotopic (exact) mass is 404 g/mol. The second-order valence-corrected chi connectivity index (χ2v) is 8.09. The van der Waals surface area contributed by atoms with Crippen LogP contribution < -0.4 is 5.32 Å². The molecule has 1 aliphatic rings. The van der Waals surface area contributed by atoms with Crippen molar-refractivity contribution in [1.82, 2.24) is 30.0 Å². The molecule has 0 saturated carbocycles. The van der Waals surface area contributed by atoms with Gasteiger partial charge >= 0.3 is 0 Å². The normalized spacial score (nSPS) is 15.3. The molecule has 0 spiro atoms. The molecule has 4 rings (SSSR count). The standard InChI is InChI=1S/C23H28N6O/c1-16-11-17(2)13-19(12-16)15-28-8-6-21-26-27-22(29(21)10-9-28)18(3)25-23(30)20-5-4-7-24-14-20/h4-5,7,11-14,18H,6,8-10,15H2,1-3H3,(H,25,30). The first-order valence-electron chi connectivity index (χ1n) is 10.4. The summed E-state index contributed by atoms with van der Waals surface area (Å²) in [6, 6.07) is 10.0. The average Bonchev–Trinajstić information content (AvgIpc) is 3.03. The highest BCUT2D eigenvalue weighted by atomic mass is 16.1. The number of amides is 1. The van der Waals surface area contributed by atoms with E-state index in [1.165, 1.54) is 16.7 Å². The van der Waals surface area contributed by atoms with Gasteiger partial charge in [-0.2, -0.15) is 0 Å². The summed E-state index contributed by atoms with van der Waals surface area (Å²) in [4.78, 5) is 19.0. The number of rotatable bonds is 5. The Morgan fingerprint density at radius 3 is 2.67 bits per heavy atom. The first kappa shape index (κ1) is 20.2. The van der Waals surface area contributed by atoms with Crippen LogP contribution in [0, 0.1) is 13.8 Å². The zero-order chi connectivity index (χ0) is 21.1. The topological polar surface area (TPSA) is 75.9 Å². The van der Waals surface area contributed by atoms with Crippen LogP contribution in [-0.4, -0.2) is 43.6 Å². The van der Waals surface area contributed by atoms with Gasteiger partial charge in [0.05, 0.1) is 11.6 Å². The van der Waals surface area contributed by atoms with Gasteiger partial charge in [0.15, 0.2) is 5.82 Å². The summed E-state index contributed by atoms with van der Waals surface area (Å²) in [5.74, 6) is 1.63. The zero-order valence-corrected chi connectivity index (χ0v) is 17.8. The van der Waals surface area contributed by atoms with Crippen LogP contribution in [0.5, 0.6) is 0 Å². The number of pyridine rings is 1. The molecule has 30 heavy (non-hydrogen) atoms. The summed E-state index contributed by atoms with van der Waals surface area (Å²) >= 11 is 0. The van der Waals surface area contributed by atoms with E-state index >= 15 is 0 Å². The van der Waals surface area contributed by atoms with Gasteiger partial charge in [-0.05, 0) is 38.5 Å². The third-order valence-corrected chi connectivity index (χ3v) is 5.49. The van der Waals surface area contributed by atoms with E-state index in [-0.39, 0.29) is 11.9 Å². The Labute approximate surface area is 177 Å². The molecule has 7 nitrogen and oxygen atoms in total. The number of hydrogen-bond acceptors (Lipinski definition) is 5. The van der Waals surface area contributed by atoms with Crippen molar-refractivity contribution in [3.63, 3.8) is 0 Å². The fourth-order valence-corrected chi connectivity index (χ4v) is 4.13. The molecular weight excluding hydrogens is 376 g/mol. The van der Waals surface area contributed by atoms with Crippen molar-refractivity contribution >= 4 is 5.91 Å². The van der Waals surface area contributed by atoms with Crippen LogP contribution in [0.1, 0.15) is 51.7 Å². The van der Waals surface area contributed by atoms with Crippen molar-refractivity contribution in [3.05, 3.63) is 76.6 Å². The van der Waals surface area contributed by atoms with Gasteiger partial charge in [-0.1, -0.05) is 29.3 Å². The van der Waals surface area contributed by atoms with Gasteiger partial charge in [0.1, 0.15) is 5.82 Å². The molecule has 2 aromatic heterocycles. The van der Waals surface area contributed by atoms with Crippen LogP contribution in [0.15, 0.2) is 42.7 Å². The van der Waals surface area contributed by atoms with Gasteiger partial charge in [-0.15, -0.1) is 10.2 Å². The summed E-state index contributed by atoms with van der Waals surface area (Å²) in [6.45, 7) is 9.86. The fourth-order valence-electron chi connectivity index (χ4n) is 4.13. The lowest BCUT2D eigenvalue weighted by molar-refractivity contribution is 0.0937. The number of benzene rings is 1. The van der Waals surface area contributed by atoms with Crippen molar-refractivity contribution in [2.45, 2.75) is 46.3 Å². The Morgan fingerprint density at radius 2 is 1.93 bits per heavy atom. The van der Waals surface area contributed by atoms with Gasteiger partial charge in [-0.3, -0.25) is 14.7 Å². The summed E-state index contributed by atoms with van der Waals surface area (Å²) in [6.07, 6.45) is 4.07. The van der Waals surface area contributed by atoms with Crippen LogP contribution in [0.3, 0.4) is 0 Å². The number of carbonyl (C=O) groups is 1. The maximum atomic E-state index is 12.5. The molecule has 0 saturated heterocycles. The van der Waals surface area contributed by atoms with Crippen molar-refractivity contribution in [2.24, 2.45) is 0 Å². The van der Waals surface area contributed by atoms with E-state index in [1.807, 2.05) is 6.92 Å². The van der Waals surface area contributed by atoms with E-state index in [0.717, 1.165) is 44.2 Å². The van der Waals surface area contributed by atoms with Gasteiger partial charge < -0.3 is 9.88 Å². The van der Waals surface area contributed by atoms with Crippen molar-refractivity contribution in [1.29, 1.82) is 0 Å². The number of hydrogen-bond donors (Lipinski definition) is 1. The first-order chi connectivity index (χ1) is 14.5. The molecule has 3 heterocycles. The first-order valence-corrected chi connectivity index (χ1v) is 10.4. The minimum absolute atomic E-state index is 0.155. The molecule has 1 aromatic carbocycles. The largest absolute Gasteiger partial charge is 0.342 e. The molecule has 1 N–H and O–H groups in total. The number of carbonyl (C=O) groups excluding carboxylic acids is 1. The summed E-state index contributed by atoms with van der Waals surface area (Å²) in [5, 5.41) is 11.8. The third kappa shape index (κ3) is 4.57. The van der Waals surface area contributed by atoms with Gasteiger partial charge in [-0.25, -0.2) is 0 Å². The summed E-state index contributed by atoms with van der Waals surface area (Å²) < 4.78 is 2.16. The van der Waals surface area contributed by atoms with Gasteiger partial charge in [0, 0.05) is 45.0 Å². The van der Waals surface area contributed by atoms with Gasteiger partial charge in [0.2, 0.25) is 0 Å². The van der Waals surface area contributed by atoms with Crippen LogP contribution in [0.2, 0.25) is 0 Å². The Hall–Kier alpha value is -3.06. The van der Waals surface area contributed by atoms with Crippen molar-refractivity contribution in [2.75, 3.05) is 13.1 Å². The predicted molar refractivity (Wildman–Crippen MR) is 115 cm³/mol. The Balaban J connectivity index is 1.43. The molecule has 1 unspecified atom stereocenters. The Morgan fingerprint density at radius 1 is 1.13 bits per heavy atom. The molecule has 1 aliphatic heterocycles. The van der Waals surface area contributed by atoms with E-state index in [2.05, 4.69) is 62.0 Å². The van der Waals surface area contributed by atoms with E-state index in [9.17, 15) is 4.79 Å². The average molecular weight is 405 g/mol. The molecule has 1 amide bonds. The second-order valence-electron chi connectivity index (χ2n) is 8.09. The minimum Gasteiger partial charge on any atom is -0.342 e. The number of aryl methyl sites for hydroxylation is 2. The maximum Gasteiger partial charge on any atom is 0.253 e. The lowest BCUT2D eigenvalue weighted by Gasteiger charge is -2.20. The van der Waals surface area contributed by atoms with Gasteiger partial charge in [0.25, 0.3) is 5.91 Å². The maximum absolute atomic E-state index is 12.5. The molecule has 0 bridgehead atoms. The van der Waals surface area contributed by atoms with Crippen LogP contribution in [-0.2, 0) is 19.5 Å². The fraction of sp³-hybridized carbons (Fsp3) is 0.391. The molecule has 0 aliphatic carbocycles. The molecule has 7 heteroatoms. The van der Waals surface area contributed by atoms with E-state index in [1.54, 1.807) is 24.5 Å². The van der Waals surface area contributed by atoms with Crippen LogP contribution in [0.4, 0.5) is 0 Å². The van der Waals surface area contributed by atoms with E-state index < -0.39 is 0 Å².